The maximum absolute atomic E-state index is 13.0. The second-order valence-electron chi connectivity index (χ2n) is 7.66. The van der Waals surface area contributed by atoms with Crippen LogP contribution in [0.2, 0.25) is 0 Å². The Hall–Kier alpha value is -2.34. The monoisotopic (exact) mass is 400 g/mol. The number of rotatable bonds is 5. The van der Waals surface area contributed by atoms with E-state index in [0.29, 0.717) is 5.69 Å². The summed E-state index contributed by atoms with van der Waals surface area (Å²) in [4.78, 5) is 13.0. The van der Waals surface area contributed by atoms with Crippen molar-refractivity contribution >= 4 is 21.6 Å². The summed E-state index contributed by atoms with van der Waals surface area (Å²) in [5, 5.41) is 3.08. The predicted molar refractivity (Wildman–Crippen MR) is 113 cm³/mol. The van der Waals surface area contributed by atoms with Crippen molar-refractivity contribution in [3.8, 4) is 0 Å². The number of benzene rings is 2. The number of carbonyl (C=O) groups excluding carboxylic acids is 1. The Bertz CT molecular complexity index is 985. The molecular weight excluding hydrogens is 372 g/mol. The lowest BCUT2D eigenvalue weighted by Gasteiger charge is -2.32. The van der Waals surface area contributed by atoms with Crippen LogP contribution in [0.5, 0.6) is 0 Å². The Balaban J connectivity index is 1.86. The van der Waals surface area contributed by atoms with Gasteiger partial charge in [-0.05, 0) is 74.4 Å². The van der Waals surface area contributed by atoms with Crippen LogP contribution in [0.3, 0.4) is 0 Å². The first kappa shape index (κ1) is 20.4. The van der Waals surface area contributed by atoms with Crippen LogP contribution in [0, 0.1) is 13.8 Å². The molecule has 2 aromatic carbocycles. The van der Waals surface area contributed by atoms with Crippen LogP contribution in [0.1, 0.15) is 48.1 Å². The van der Waals surface area contributed by atoms with Crippen LogP contribution in [-0.2, 0) is 21.2 Å². The number of amides is 1. The van der Waals surface area contributed by atoms with Gasteiger partial charge in [0.15, 0.2) is 0 Å². The van der Waals surface area contributed by atoms with Gasteiger partial charge in [0.1, 0.15) is 6.04 Å². The molecule has 28 heavy (non-hydrogen) atoms. The summed E-state index contributed by atoms with van der Waals surface area (Å²) < 4.78 is 26.2. The van der Waals surface area contributed by atoms with E-state index >= 15 is 0 Å². The molecule has 0 spiro atoms. The molecule has 0 heterocycles. The number of nitrogens with zero attached hydrogens (tertiary/aromatic N) is 1. The number of hydrogen-bond donors (Lipinski definition) is 1. The van der Waals surface area contributed by atoms with Gasteiger partial charge in [0.2, 0.25) is 15.9 Å². The molecule has 0 aromatic heterocycles. The van der Waals surface area contributed by atoms with Crippen LogP contribution in [0.15, 0.2) is 42.5 Å². The Morgan fingerprint density at radius 2 is 1.86 bits per heavy atom. The van der Waals surface area contributed by atoms with Crippen molar-refractivity contribution in [1.29, 1.82) is 0 Å². The lowest BCUT2D eigenvalue weighted by molar-refractivity contribution is -0.122. The van der Waals surface area contributed by atoms with Gasteiger partial charge in [-0.1, -0.05) is 30.3 Å². The number of nitrogens with one attached hydrogen (secondary N) is 1. The molecule has 2 atom stereocenters. The molecule has 6 heteroatoms. The summed E-state index contributed by atoms with van der Waals surface area (Å²) in [6.07, 6.45) is 4.01. The summed E-state index contributed by atoms with van der Waals surface area (Å²) in [5.41, 5.74) is 4.96. The van der Waals surface area contributed by atoms with Crippen LogP contribution in [0.25, 0.3) is 0 Å². The van der Waals surface area contributed by atoms with E-state index in [4.69, 9.17) is 0 Å². The molecule has 3 rings (SSSR count). The Morgan fingerprint density at radius 1 is 1.14 bits per heavy atom. The predicted octanol–water partition coefficient (Wildman–Crippen LogP) is 3.65. The average Bonchev–Trinajstić information content (AvgIpc) is 2.64. The highest BCUT2D eigenvalue weighted by Crippen LogP contribution is 2.30. The van der Waals surface area contributed by atoms with Gasteiger partial charge in [0.25, 0.3) is 0 Å². The highest BCUT2D eigenvalue weighted by atomic mass is 32.2. The van der Waals surface area contributed by atoms with Crippen molar-refractivity contribution in [3.05, 3.63) is 64.7 Å². The normalized spacial score (nSPS) is 17.5. The molecule has 150 valence electrons. The van der Waals surface area contributed by atoms with Crippen LogP contribution in [0.4, 0.5) is 5.69 Å². The molecule has 2 aromatic rings. The van der Waals surface area contributed by atoms with E-state index in [9.17, 15) is 13.2 Å². The lowest BCUT2D eigenvalue weighted by atomic mass is 9.87. The molecule has 0 fully saturated rings. The van der Waals surface area contributed by atoms with Crippen molar-refractivity contribution in [3.63, 3.8) is 0 Å². The first-order valence-electron chi connectivity index (χ1n) is 9.63. The van der Waals surface area contributed by atoms with Gasteiger partial charge in [0, 0.05) is 0 Å². The number of hydrogen-bond acceptors (Lipinski definition) is 3. The third-order valence-corrected chi connectivity index (χ3v) is 6.76. The fourth-order valence-electron chi connectivity index (χ4n) is 3.87. The highest BCUT2D eigenvalue weighted by molar-refractivity contribution is 7.92. The van der Waals surface area contributed by atoms with Crippen molar-refractivity contribution in [2.75, 3.05) is 10.6 Å². The fraction of sp³-hybridized carbons (Fsp3) is 0.409. The standard InChI is InChI=1S/C22H28N2O3S/c1-15-12-13-19(14-16(15)2)24(28(4,26)27)17(3)22(25)23-21-11-7-9-18-8-5-6-10-20(18)21/h5-6,8,10,12-14,17,21H,7,9,11H2,1-4H3,(H,23,25)/t17-,21-/m1/s1. The quantitative estimate of drug-likeness (QED) is 0.833. The van der Waals surface area contributed by atoms with Crippen molar-refractivity contribution in [2.45, 2.75) is 52.1 Å². The molecule has 0 bridgehead atoms. The van der Waals surface area contributed by atoms with Crippen molar-refractivity contribution in [2.24, 2.45) is 0 Å². The number of fused-ring (bicyclic) bond motifs is 1. The van der Waals surface area contributed by atoms with Gasteiger partial charge in [-0.25, -0.2) is 8.42 Å². The smallest absolute Gasteiger partial charge is 0.244 e. The number of carbonyl (C=O) groups is 1. The molecule has 1 aliphatic rings. The van der Waals surface area contributed by atoms with Crippen molar-refractivity contribution in [1.82, 2.24) is 5.32 Å². The van der Waals surface area contributed by atoms with Gasteiger partial charge in [-0.15, -0.1) is 0 Å². The van der Waals surface area contributed by atoms with Gasteiger partial charge in [-0.2, -0.15) is 0 Å². The zero-order valence-corrected chi connectivity index (χ0v) is 17.7. The van der Waals surface area contributed by atoms with Crippen LogP contribution >= 0.6 is 0 Å². The zero-order valence-electron chi connectivity index (χ0n) is 16.9. The minimum absolute atomic E-state index is 0.0823. The second kappa shape index (κ2) is 7.95. The molecule has 1 aliphatic carbocycles. The fourth-order valence-corrected chi connectivity index (χ4v) is 5.03. The van der Waals surface area contributed by atoms with E-state index in [0.717, 1.165) is 42.2 Å². The Kier molecular flexibility index (Phi) is 5.79. The van der Waals surface area contributed by atoms with Gasteiger partial charge in [0.05, 0.1) is 18.0 Å². The maximum Gasteiger partial charge on any atom is 0.244 e. The van der Waals surface area contributed by atoms with E-state index in [2.05, 4.69) is 11.4 Å². The summed E-state index contributed by atoms with van der Waals surface area (Å²) in [6.45, 7) is 5.55. The van der Waals surface area contributed by atoms with E-state index in [-0.39, 0.29) is 11.9 Å². The number of aryl methyl sites for hydroxylation is 3. The Labute approximate surface area is 167 Å². The van der Waals surface area contributed by atoms with Gasteiger partial charge >= 0.3 is 0 Å². The topological polar surface area (TPSA) is 66.5 Å². The lowest BCUT2D eigenvalue weighted by Crippen LogP contribution is -2.49. The summed E-state index contributed by atoms with van der Waals surface area (Å²) >= 11 is 0. The molecule has 0 saturated heterocycles. The summed E-state index contributed by atoms with van der Waals surface area (Å²) in [5.74, 6) is -0.287. The van der Waals surface area contributed by atoms with Gasteiger partial charge in [-0.3, -0.25) is 9.10 Å². The second-order valence-corrected chi connectivity index (χ2v) is 9.52. The molecule has 0 saturated carbocycles. The summed E-state index contributed by atoms with van der Waals surface area (Å²) in [6, 6.07) is 12.6. The molecular formula is C22H28N2O3S. The third kappa shape index (κ3) is 4.22. The van der Waals surface area contributed by atoms with Crippen LogP contribution in [-0.4, -0.2) is 26.6 Å². The largest absolute Gasteiger partial charge is 0.347 e. The first-order chi connectivity index (χ1) is 13.2. The summed E-state index contributed by atoms with van der Waals surface area (Å²) in [7, 11) is -3.62. The number of sulfonamides is 1. The van der Waals surface area contributed by atoms with E-state index < -0.39 is 16.1 Å². The molecule has 1 amide bonds. The number of anilines is 1. The molecule has 0 radical (unpaired) electrons. The maximum atomic E-state index is 13.0. The van der Waals surface area contributed by atoms with Crippen LogP contribution < -0.4 is 9.62 Å². The SMILES string of the molecule is Cc1ccc(N([C@H](C)C(=O)N[C@@H]2CCCc3ccccc32)S(C)(=O)=O)cc1C. The van der Waals surface area contributed by atoms with Gasteiger partial charge < -0.3 is 5.32 Å². The average molecular weight is 401 g/mol. The Morgan fingerprint density at radius 3 is 2.54 bits per heavy atom. The zero-order chi connectivity index (χ0) is 20.5. The minimum Gasteiger partial charge on any atom is -0.347 e. The van der Waals surface area contributed by atoms with E-state index in [1.165, 1.54) is 9.87 Å². The molecule has 1 N–H and O–H groups in total. The van der Waals surface area contributed by atoms with E-state index in [1.807, 2.05) is 44.2 Å². The highest BCUT2D eigenvalue weighted by Gasteiger charge is 2.31. The third-order valence-electron chi connectivity index (χ3n) is 5.52. The molecule has 0 aliphatic heterocycles. The molecule has 5 nitrogen and oxygen atoms in total. The minimum atomic E-state index is -3.62. The molecule has 0 unspecified atom stereocenters. The van der Waals surface area contributed by atoms with Crippen molar-refractivity contribution < 1.29 is 13.2 Å². The van der Waals surface area contributed by atoms with E-state index in [1.54, 1.807) is 13.0 Å². The first-order valence-corrected chi connectivity index (χ1v) is 11.5.